The summed E-state index contributed by atoms with van der Waals surface area (Å²) in [4.78, 5) is 16.0. The highest BCUT2D eigenvalue weighted by Gasteiger charge is 2.10. The molecule has 0 spiro atoms. The van der Waals surface area contributed by atoms with Crippen LogP contribution in [0.3, 0.4) is 0 Å². The summed E-state index contributed by atoms with van der Waals surface area (Å²) in [5, 5.41) is 1.07. The van der Waals surface area contributed by atoms with Crippen molar-refractivity contribution in [2.75, 3.05) is 0 Å². The van der Waals surface area contributed by atoms with Gasteiger partial charge in [-0.15, -0.1) is 0 Å². The maximum Gasteiger partial charge on any atom is 0.167 e. The second-order valence-electron chi connectivity index (χ2n) is 4.08. The van der Waals surface area contributed by atoms with E-state index in [-0.39, 0.29) is 12.2 Å². The number of hydrogen-bond donors (Lipinski definition) is 0. The van der Waals surface area contributed by atoms with Crippen molar-refractivity contribution >= 4 is 29.0 Å². The van der Waals surface area contributed by atoms with E-state index in [4.69, 9.17) is 23.2 Å². The first-order valence-electron chi connectivity index (χ1n) is 5.45. The van der Waals surface area contributed by atoms with Gasteiger partial charge < -0.3 is 0 Å². The maximum absolute atomic E-state index is 12.1. The van der Waals surface area contributed by atoms with Gasteiger partial charge in [0.15, 0.2) is 5.78 Å². The summed E-state index contributed by atoms with van der Waals surface area (Å²) < 4.78 is 0. The van der Waals surface area contributed by atoms with Gasteiger partial charge in [0.2, 0.25) is 0 Å². The first-order chi connectivity index (χ1) is 8.56. The Bertz CT molecular complexity index is 576. The molecule has 4 heteroatoms. The molecule has 0 N–H and O–H groups in total. The third-order valence-electron chi connectivity index (χ3n) is 2.57. The summed E-state index contributed by atoms with van der Waals surface area (Å²) in [6.45, 7) is 1.90. The lowest BCUT2D eigenvalue weighted by Crippen LogP contribution is -2.04. The molecule has 0 atom stereocenters. The molecule has 1 aromatic carbocycles. The fourth-order valence-corrected chi connectivity index (χ4v) is 2.20. The fourth-order valence-electron chi connectivity index (χ4n) is 1.72. The molecule has 0 aliphatic rings. The number of nitrogens with zero attached hydrogens (tertiary/aromatic N) is 1. The van der Waals surface area contributed by atoms with Crippen molar-refractivity contribution in [3.05, 3.63) is 63.4 Å². The van der Waals surface area contributed by atoms with Gasteiger partial charge in [0, 0.05) is 29.4 Å². The zero-order valence-electron chi connectivity index (χ0n) is 9.78. The minimum absolute atomic E-state index is 0.00583. The Balaban J connectivity index is 2.25. The lowest BCUT2D eigenvalue weighted by atomic mass is 10.0. The first kappa shape index (κ1) is 13.1. The first-order valence-corrected chi connectivity index (χ1v) is 6.20. The number of rotatable bonds is 3. The second-order valence-corrected chi connectivity index (χ2v) is 4.93. The number of carbonyl (C=O) groups is 1. The van der Waals surface area contributed by atoms with Gasteiger partial charge in [-0.2, -0.15) is 0 Å². The van der Waals surface area contributed by atoms with E-state index >= 15 is 0 Å². The van der Waals surface area contributed by atoms with E-state index in [9.17, 15) is 4.79 Å². The molecule has 2 rings (SSSR count). The van der Waals surface area contributed by atoms with E-state index in [1.807, 2.05) is 19.1 Å². The molecule has 1 heterocycles. The van der Waals surface area contributed by atoms with Gasteiger partial charge in [0.25, 0.3) is 0 Å². The lowest BCUT2D eigenvalue weighted by molar-refractivity contribution is 0.0993. The van der Waals surface area contributed by atoms with E-state index in [1.54, 1.807) is 18.3 Å². The van der Waals surface area contributed by atoms with Crippen molar-refractivity contribution in [1.29, 1.82) is 0 Å². The zero-order valence-corrected chi connectivity index (χ0v) is 11.3. The molecule has 0 fully saturated rings. The SMILES string of the molecule is Cc1cc(Cl)cc(C(=O)Cc2ccncc2Cl)c1. The molecule has 0 saturated heterocycles. The van der Waals surface area contributed by atoms with Crippen LogP contribution in [0.5, 0.6) is 0 Å². The van der Waals surface area contributed by atoms with Crippen LogP contribution >= 0.6 is 23.2 Å². The summed E-state index contributed by atoms with van der Waals surface area (Å²) >= 11 is 11.9. The number of halogens is 2. The maximum atomic E-state index is 12.1. The monoisotopic (exact) mass is 279 g/mol. The topological polar surface area (TPSA) is 30.0 Å². The van der Waals surface area contributed by atoms with Crippen LogP contribution in [0, 0.1) is 6.92 Å². The van der Waals surface area contributed by atoms with Crippen LogP contribution in [-0.2, 0) is 6.42 Å². The molecular formula is C14H11Cl2NO. The van der Waals surface area contributed by atoms with Crippen LogP contribution in [0.15, 0.2) is 36.7 Å². The second kappa shape index (κ2) is 5.51. The van der Waals surface area contributed by atoms with Gasteiger partial charge in [0.1, 0.15) is 0 Å². The Morgan fingerprint density at radius 2 is 2.06 bits per heavy atom. The standard InChI is InChI=1S/C14H11Cl2NO/c1-9-4-11(6-12(15)5-9)14(18)7-10-2-3-17-8-13(10)16/h2-6,8H,7H2,1H3. The molecule has 0 bridgehead atoms. The molecule has 18 heavy (non-hydrogen) atoms. The van der Waals surface area contributed by atoms with Crippen LogP contribution < -0.4 is 0 Å². The van der Waals surface area contributed by atoms with Gasteiger partial charge in [-0.1, -0.05) is 23.2 Å². The Morgan fingerprint density at radius 3 is 2.72 bits per heavy atom. The summed E-state index contributed by atoms with van der Waals surface area (Å²) in [6.07, 6.45) is 3.41. The number of ketones is 1. The highest BCUT2D eigenvalue weighted by molar-refractivity contribution is 6.32. The number of aryl methyl sites for hydroxylation is 1. The molecule has 2 nitrogen and oxygen atoms in total. The normalized spacial score (nSPS) is 10.4. The van der Waals surface area contributed by atoms with Gasteiger partial charge in [0.05, 0.1) is 5.02 Å². The number of hydrogen-bond acceptors (Lipinski definition) is 2. The minimum atomic E-state index is -0.00583. The number of aromatic nitrogens is 1. The molecule has 0 aliphatic carbocycles. The molecule has 0 saturated carbocycles. The predicted molar refractivity (Wildman–Crippen MR) is 73.5 cm³/mol. The Hall–Kier alpha value is -1.38. The molecule has 92 valence electrons. The van der Waals surface area contributed by atoms with Gasteiger partial charge in [-0.3, -0.25) is 9.78 Å². The van der Waals surface area contributed by atoms with Gasteiger partial charge >= 0.3 is 0 Å². The van der Waals surface area contributed by atoms with Crippen LogP contribution in [0.1, 0.15) is 21.5 Å². The van der Waals surface area contributed by atoms with E-state index in [0.29, 0.717) is 15.6 Å². The van der Waals surface area contributed by atoms with Crippen LogP contribution in [0.4, 0.5) is 0 Å². The molecule has 2 aromatic rings. The number of pyridine rings is 1. The van der Waals surface area contributed by atoms with E-state index in [1.165, 1.54) is 6.20 Å². The van der Waals surface area contributed by atoms with Crippen LogP contribution in [0.2, 0.25) is 10.0 Å². The summed E-state index contributed by atoms with van der Waals surface area (Å²) in [5.41, 5.74) is 2.34. The molecule has 0 radical (unpaired) electrons. The number of carbonyl (C=O) groups excluding carboxylic acids is 1. The van der Waals surface area contributed by atoms with Crippen molar-refractivity contribution < 1.29 is 4.79 Å². The smallest absolute Gasteiger partial charge is 0.167 e. The van der Waals surface area contributed by atoms with Crippen molar-refractivity contribution in [2.24, 2.45) is 0 Å². The zero-order chi connectivity index (χ0) is 13.1. The summed E-state index contributed by atoms with van der Waals surface area (Å²) in [5.74, 6) is -0.00583. The van der Waals surface area contributed by atoms with Gasteiger partial charge in [-0.05, 0) is 42.3 Å². The largest absolute Gasteiger partial charge is 0.294 e. The number of Topliss-reactive ketones (excluding diaryl/α,β-unsaturated/α-hetero) is 1. The Morgan fingerprint density at radius 1 is 1.28 bits per heavy atom. The van der Waals surface area contributed by atoms with Crippen molar-refractivity contribution in [1.82, 2.24) is 4.98 Å². The molecule has 0 unspecified atom stereocenters. The highest BCUT2D eigenvalue weighted by Crippen LogP contribution is 2.19. The highest BCUT2D eigenvalue weighted by atomic mass is 35.5. The predicted octanol–water partition coefficient (Wildman–Crippen LogP) is 4.12. The van der Waals surface area contributed by atoms with Gasteiger partial charge in [-0.25, -0.2) is 0 Å². The van der Waals surface area contributed by atoms with Crippen molar-refractivity contribution in [3.8, 4) is 0 Å². The summed E-state index contributed by atoms with van der Waals surface area (Å²) in [7, 11) is 0. The third kappa shape index (κ3) is 3.09. The minimum Gasteiger partial charge on any atom is -0.294 e. The van der Waals surface area contributed by atoms with E-state index < -0.39 is 0 Å². The van der Waals surface area contributed by atoms with Crippen LogP contribution in [-0.4, -0.2) is 10.8 Å². The quantitative estimate of drug-likeness (QED) is 0.791. The average Bonchev–Trinajstić information content (AvgIpc) is 2.31. The average molecular weight is 280 g/mol. The molecular weight excluding hydrogens is 269 g/mol. The molecule has 1 aromatic heterocycles. The van der Waals surface area contributed by atoms with E-state index in [0.717, 1.165) is 11.1 Å². The Labute approximate surface area is 116 Å². The number of benzene rings is 1. The van der Waals surface area contributed by atoms with Crippen molar-refractivity contribution in [2.45, 2.75) is 13.3 Å². The lowest BCUT2D eigenvalue weighted by Gasteiger charge is -2.05. The Kier molecular flexibility index (Phi) is 4.00. The molecule has 0 amide bonds. The van der Waals surface area contributed by atoms with Crippen LogP contribution in [0.25, 0.3) is 0 Å². The fraction of sp³-hybridized carbons (Fsp3) is 0.143. The summed E-state index contributed by atoms with van der Waals surface area (Å²) in [6, 6.07) is 7.06. The van der Waals surface area contributed by atoms with E-state index in [2.05, 4.69) is 4.98 Å². The molecule has 0 aliphatic heterocycles. The third-order valence-corrected chi connectivity index (χ3v) is 3.13. The van der Waals surface area contributed by atoms with Crippen molar-refractivity contribution in [3.63, 3.8) is 0 Å².